The summed E-state index contributed by atoms with van der Waals surface area (Å²) in [5, 5.41) is 12.3. The molecular formula is C21H31N3O2. The number of hydrogen-bond donors (Lipinski definition) is 1. The fraction of sp³-hybridized carbons (Fsp3) is 0.524. The average molecular weight is 357 g/mol. The van der Waals surface area contributed by atoms with E-state index in [1.807, 2.05) is 37.3 Å². The highest BCUT2D eigenvalue weighted by Gasteiger charge is 2.15. The van der Waals surface area contributed by atoms with Crippen molar-refractivity contribution in [2.24, 2.45) is 0 Å². The van der Waals surface area contributed by atoms with E-state index >= 15 is 0 Å². The van der Waals surface area contributed by atoms with Crippen LogP contribution in [0.15, 0.2) is 36.0 Å². The minimum atomic E-state index is -0.339. The van der Waals surface area contributed by atoms with Crippen molar-refractivity contribution in [3.8, 4) is 11.8 Å². The molecule has 1 N–H and O–H groups in total. The zero-order chi connectivity index (χ0) is 19.4. The van der Waals surface area contributed by atoms with Gasteiger partial charge in [-0.3, -0.25) is 4.79 Å². The normalized spacial score (nSPS) is 12.2. The van der Waals surface area contributed by atoms with Crippen LogP contribution in [0.4, 0.5) is 0 Å². The van der Waals surface area contributed by atoms with Gasteiger partial charge in [0.1, 0.15) is 17.4 Å². The van der Waals surface area contributed by atoms with Gasteiger partial charge in [-0.2, -0.15) is 5.26 Å². The Morgan fingerprint density at radius 2 is 1.81 bits per heavy atom. The molecular weight excluding hydrogens is 326 g/mol. The van der Waals surface area contributed by atoms with Gasteiger partial charge < -0.3 is 15.0 Å². The predicted molar refractivity (Wildman–Crippen MR) is 105 cm³/mol. The topological polar surface area (TPSA) is 65.4 Å². The number of unbranched alkanes of at least 4 members (excludes halogenated alkanes) is 2. The third kappa shape index (κ3) is 7.18. The number of nitrogens with one attached hydrogen (secondary N) is 1. The van der Waals surface area contributed by atoms with Gasteiger partial charge in [0.25, 0.3) is 5.91 Å². The van der Waals surface area contributed by atoms with Gasteiger partial charge in [0.15, 0.2) is 0 Å². The summed E-state index contributed by atoms with van der Waals surface area (Å²) < 4.78 is 5.15. The zero-order valence-electron chi connectivity index (χ0n) is 16.4. The molecule has 1 aromatic carbocycles. The van der Waals surface area contributed by atoms with Crippen LogP contribution in [-0.2, 0) is 4.79 Å². The molecule has 0 saturated heterocycles. The maximum Gasteiger partial charge on any atom is 0.263 e. The van der Waals surface area contributed by atoms with Crippen LogP contribution in [0.2, 0.25) is 0 Å². The lowest BCUT2D eigenvalue weighted by Crippen LogP contribution is -2.29. The van der Waals surface area contributed by atoms with E-state index in [2.05, 4.69) is 24.1 Å². The van der Waals surface area contributed by atoms with Crippen molar-refractivity contribution in [3.63, 3.8) is 0 Å². The number of carbonyl (C=O) groups is 1. The summed E-state index contributed by atoms with van der Waals surface area (Å²) in [6.45, 7) is 7.90. The molecule has 5 nitrogen and oxygen atoms in total. The molecule has 1 amide bonds. The Kier molecular flexibility index (Phi) is 9.93. The smallest absolute Gasteiger partial charge is 0.263 e. The van der Waals surface area contributed by atoms with Crippen LogP contribution in [0.1, 0.15) is 58.1 Å². The molecule has 0 heterocycles. The van der Waals surface area contributed by atoms with Crippen LogP contribution in [-0.4, -0.2) is 31.0 Å². The van der Waals surface area contributed by atoms with Crippen molar-refractivity contribution in [2.45, 2.75) is 52.5 Å². The Bertz CT molecular complexity index is 609. The van der Waals surface area contributed by atoms with Crippen LogP contribution >= 0.6 is 0 Å². The molecule has 5 heteroatoms. The van der Waals surface area contributed by atoms with E-state index in [9.17, 15) is 10.1 Å². The summed E-state index contributed by atoms with van der Waals surface area (Å²) in [6, 6.07) is 9.39. The summed E-state index contributed by atoms with van der Waals surface area (Å²) in [7, 11) is 1.62. The first-order valence-electron chi connectivity index (χ1n) is 9.36. The Morgan fingerprint density at radius 3 is 2.27 bits per heavy atom. The second-order valence-electron chi connectivity index (χ2n) is 6.37. The van der Waals surface area contributed by atoms with Crippen molar-refractivity contribution in [3.05, 3.63) is 41.6 Å². The number of nitriles is 1. The summed E-state index contributed by atoms with van der Waals surface area (Å²) in [5.41, 5.74) is 1.11. The number of ether oxygens (including phenoxy) is 1. The Hall–Kier alpha value is -2.48. The Balaban J connectivity index is 2.79. The lowest BCUT2D eigenvalue weighted by atomic mass is 10.1. The van der Waals surface area contributed by atoms with E-state index in [1.165, 1.54) is 0 Å². The van der Waals surface area contributed by atoms with Crippen molar-refractivity contribution >= 4 is 5.91 Å². The quantitative estimate of drug-likeness (QED) is 0.476. The molecule has 0 spiro atoms. The molecule has 1 rings (SSSR count). The molecule has 0 aliphatic heterocycles. The van der Waals surface area contributed by atoms with Gasteiger partial charge in [-0.05, 0) is 37.5 Å². The number of rotatable bonds is 11. The summed E-state index contributed by atoms with van der Waals surface area (Å²) >= 11 is 0. The van der Waals surface area contributed by atoms with Gasteiger partial charge in [-0.15, -0.1) is 0 Å². The molecule has 26 heavy (non-hydrogen) atoms. The lowest BCUT2D eigenvalue weighted by molar-refractivity contribution is -0.117. The largest absolute Gasteiger partial charge is 0.497 e. The first kappa shape index (κ1) is 21.6. The van der Waals surface area contributed by atoms with Gasteiger partial charge in [-0.1, -0.05) is 38.8 Å². The van der Waals surface area contributed by atoms with Crippen molar-refractivity contribution < 1.29 is 9.53 Å². The van der Waals surface area contributed by atoms with Crippen molar-refractivity contribution in [1.29, 1.82) is 5.26 Å². The lowest BCUT2D eigenvalue weighted by Gasteiger charge is -2.21. The van der Waals surface area contributed by atoms with E-state index in [0.29, 0.717) is 0 Å². The number of nitrogens with zero attached hydrogens (tertiary/aromatic N) is 2. The number of benzene rings is 1. The molecule has 0 aliphatic carbocycles. The molecule has 0 aliphatic rings. The van der Waals surface area contributed by atoms with E-state index in [4.69, 9.17) is 4.74 Å². The molecule has 1 unspecified atom stereocenters. The standard InChI is InChI=1S/C21H31N3O2/c1-5-7-13-24(14-8-6-2)16-19(15-22)21(25)23-17(3)18-9-11-20(26-4)12-10-18/h9-12,16-17H,5-8,13-14H2,1-4H3,(H,23,25)/b19-16-. The fourth-order valence-electron chi connectivity index (χ4n) is 2.53. The number of hydrogen-bond acceptors (Lipinski definition) is 4. The maximum absolute atomic E-state index is 12.5. The molecule has 0 fully saturated rings. The molecule has 0 aromatic heterocycles. The summed E-state index contributed by atoms with van der Waals surface area (Å²) in [4.78, 5) is 14.6. The SMILES string of the molecule is CCCCN(/C=C(/C#N)C(=O)NC(C)c1ccc(OC)cc1)CCCC. The van der Waals surface area contributed by atoms with Crippen molar-refractivity contribution in [2.75, 3.05) is 20.2 Å². The van der Waals surface area contributed by atoms with E-state index in [1.54, 1.807) is 13.3 Å². The predicted octanol–water partition coefficient (Wildman–Crippen LogP) is 4.18. The van der Waals surface area contributed by atoms with Crippen LogP contribution in [0, 0.1) is 11.3 Å². The summed E-state index contributed by atoms with van der Waals surface area (Å²) in [6.07, 6.45) is 5.96. The highest BCUT2D eigenvalue weighted by molar-refractivity contribution is 5.97. The maximum atomic E-state index is 12.5. The van der Waals surface area contributed by atoms with Crippen LogP contribution in [0.3, 0.4) is 0 Å². The Labute approximate surface area is 157 Å². The average Bonchev–Trinajstić information content (AvgIpc) is 2.67. The third-order valence-corrected chi connectivity index (χ3v) is 4.24. The van der Waals surface area contributed by atoms with Gasteiger partial charge in [0.2, 0.25) is 0 Å². The molecule has 0 saturated carbocycles. The van der Waals surface area contributed by atoms with Gasteiger partial charge in [0.05, 0.1) is 13.2 Å². The van der Waals surface area contributed by atoms with E-state index < -0.39 is 0 Å². The zero-order valence-corrected chi connectivity index (χ0v) is 16.4. The van der Waals surface area contributed by atoms with Gasteiger partial charge >= 0.3 is 0 Å². The molecule has 1 aromatic rings. The number of methoxy groups -OCH3 is 1. The first-order chi connectivity index (χ1) is 12.5. The second-order valence-corrected chi connectivity index (χ2v) is 6.37. The molecule has 1 atom stereocenters. The van der Waals surface area contributed by atoms with E-state index in [0.717, 1.165) is 50.1 Å². The number of amides is 1. The fourth-order valence-corrected chi connectivity index (χ4v) is 2.53. The molecule has 0 radical (unpaired) electrons. The monoisotopic (exact) mass is 357 g/mol. The Morgan fingerprint density at radius 1 is 1.23 bits per heavy atom. The first-order valence-corrected chi connectivity index (χ1v) is 9.36. The number of carbonyl (C=O) groups excluding carboxylic acids is 1. The van der Waals surface area contributed by atoms with Crippen LogP contribution in [0.5, 0.6) is 5.75 Å². The van der Waals surface area contributed by atoms with Gasteiger partial charge in [0, 0.05) is 19.3 Å². The van der Waals surface area contributed by atoms with Gasteiger partial charge in [-0.25, -0.2) is 0 Å². The minimum Gasteiger partial charge on any atom is -0.497 e. The second kappa shape index (κ2) is 12.0. The molecule has 142 valence electrons. The van der Waals surface area contributed by atoms with Crippen LogP contribution < -0.4 is 10.1 Å². The highest BCUT2D eigenvalue weighted by Crippen LogP contribution is 2.17. The minimum absolute atomic E-state index is 0.151. The summed E-state index contributed by atoms with van der Waals surface area (Å²) in [5.74, 6) is 0.432. The van der Waals surface area contributed by atoms with Crippen molar-refractivity contribution in [1.82, 2.24) is 10.2 Å². The van der Waals surface area contributed by atoms with E-state index in [-0.39, 0.29) is 17.5 Å². The highest BCUT2D eigenvalue weighted by atomic mass is 16.5. The van der Waals surface area contributed by atoms with Crippen LogP contribution in [0.25, 0.3) is 0 Å². The molecule has 0 bridgehead atoms. The third-order valence-electron chi connectivity index (χ3n) is 4.24.